The standard InChI is InChI=1S/C58H51N4.Pt/c1-39(2)48-26-18-27-49(40(3)4)57(48)42-33-34-59-56(35-42)62-52-28-14-13-25-50(52)51-32-31-46(37-55(51)62)58(43-19-9-7-10-20-43,44-21-11-8-12-22-44)45-23-17-24-47(36-45)61-38-60(41(5)6)53-29-15-16-30-54(53)61;/h7-35,38-41H,1-6H3;/q-1;. The van der Waals surface area contributed by atoms with Crippen LogP contribution in [0.4, 0.5) is 0 Å². The van der Waals surface area contributed by atoms with Crippen molar-refractivity contribution in [3.8, 4) is 22.6 Å². The third-order valence-corrected chi connectivity index (χ3v) is 12.7. The topological polar surface area (TPSA) is 27.7 Å². The predicted molar refractivity (Wildman–Crippen MR) is 258 cm³/mol. The minimum Gasteiger partial charge on any atom is -0.319 e. The van der Waals surface area contributed by atoms with Crippen LogP contribution in [0.5, 0.6) is 0 Å². The van der Waals surface area contributed by atoms with Crippen LogP contribution in [-0.4, -0.2) is 18.7 Å². The van der Waals surface area contributed by atoms with Crippen molar-refractivity contribution < 1.29 is 21.1 Å². The Balaban J connectivity index is 0.00000504. The zero-order chi connectivity index (χ0) is 42.5. The van der Waals surface area contributed by atoms with E-state index in [9.17, 15) is 0 Å². The molecule has 0 spiro atoms. The first-order valence-electron chi connectivity index (χ1n) is 22.0. The quantitative estimate of drug-likeness (QED) is 0.0991. The Hall–Kier alpha value is -6.35. The fourth-order valence-electron chi connectivity index (χ4n) is 9.79. The molecule has 0 bridgehead atoms. The molecule has 3 heterocycles. The van der Waals surface area contributed by atoms with E-state index < -0.39 is 5.41 Å². The van der Waals surface area contributed by atoms with Gasteiger partial charge in [0, 0.05) is 56.0 Å². The maximum Gasteiger partial charge on any atom is 0.188 e. The van der Waals surface area contributed by atoms with E-state index >= 15 is 0 Å². The largest absolute Gasteiger partial charge is 0.319 e. The molecule has 0 unspecified atom stereocenters. The summed E-state index contributed by atoms with van der Waals surface area (Å²) in [6.45, 7) is 13.6. The van der Waals surface area contributed by atoms with Gasteiger partial charge in [-0.2, -0.15) is 30.3 Å². The van der Waals surface area contributed by atoms with Crippen molar-refractivity contribution in [3.63, 3.8) is 0 Å². The molecule has 10 rings (SSSR count). The van der Waals surface area contributed by atoms with Gasteiger partial charge in [0.2, 0.25) is 0 Å². The zero-order valence-corrected chi connectivity index (χ0v) is 38.9. The van der Waals surface area contributed by atoms with Crippen LogP contribution in [0.2, 0.25) is 0 Å². The van der Waals surface area contributed by atoms with Crippen LogP contribution >= 0.6 is 0 Å². The molecule has 0 radical (unpaired) electrons. The Morgan fingerprint density at radius 3 is 1.78 bits per heavy atom. The number of hydrogen-bond acceptors (Lipinski definition) is 1. The summed E-state index contributed by atoms with van der Waals surface area (Å²) in [5, 5.41) is 2.30. The minimum absolute atomic E-state index is 0. The number of hydrogen-bond donors (Lipinski definition) is 0. The van der Waals surface area contributed by atoms with Gasteiger partial charge in [0.25, 0.3) is 0 Å². The molecule has 0 aliphatic rings. The third kappa shape index (κ3) is 7.06. The van der Waals surface area contributed by atoms with E-state index in [-0.39, 0.29) is 21.1 Å². The van der Waals surface area contributed by atoms with Gasteiger partial charge >= 0.3 is 0 Å². The molecular weight excluding hydrogens is 948 g/mol. The van der Waals surface area contributed by atoms with Gasteiger partial charge in [-0.1, -0.05) is 136 Å². The van der Waals surface area contributed by atoms with Gasteiger partial charge in [-0.05, 0) is 94.8 Å². The van der Waals surface area contributed by atoms with Crippen LogP contribution in [0.15, 0.2) is 182 Å². The monoisotopic (exact) mass is 998 g/mol. The van der Waals surface area contributed by atoms with E-state index in [0.717, 1.165) is 55.7 Å². The number of aromatic nitrogens is 4. The molecule has 5 heteroatoms. The SMILES string of the molecule is CC(C)c1cccc(C(C)C)c1-c1ccnc(-n2c3[c-]c(C(c4[c-]c(-n5[cH+]n(C(C)C)c6ccccc65)ccc4)(c4ccccc4)c4ccccc4)ccc3c3ccccc32)c1.[Pt]. The van der Waals surface area contributed by atoms with Gasteiger partial charge in [-0.3, -0.25) is 0 Å². The number of benzene rings is 7. The van der Waals surface area contributed by atoms with E-state index in [1.807, 2.05) is 6.20 Å². The molecule has 10 aromatic rings. The van der Waals surface area contributed by atoms with Crippen LogP contribution in [0.1, 0.15) is 92.8 Å². The van der Waals surface area contributed by atoms with Gasteiger partial charge < -0.3 is 4.57 Å². The molecule has 0 saturated carbocycles. The van der Waals surface area contributed by atoms with Crippen molar-refractivity contribution in [1.29, 1.82) is 0 Å². The normalized spacial score (nSPS) is 12.0. The molecule has 7 aromatic carbocycles. The third-order valence-electron chi connectivity index (χ3n) is 12.7. The van der Waals surface area contributed by atoms with Crippen molar-refractivity contribution in [2.75, 3.05) is 0 Å². The fraction of sp³-hybridized carbons (Fsp3) is 0.172. The van der Waals surface area contributed by atoms with E-state index in [0.29, 0.717) is 17.9 Å². The average molecular weight is 999 g/mol. The van der Waals surface area contributed by atoms with Crippen LogP contribution in [0.25, 0.3) is 55.5 Å². The number of rotatable bonds is 10. The molecule has 0 N–H and O–H groups in total. The molecule has 3 aromatic heterocycles. The van der Waals surface area contributed by atoms with Gasteiger partial charge in [0.15, 0.2) is 17.4 Å². The van der Waals surface area contributed by atoms with Gasteiger partial charge in [0.1, 0.15) is 5.82 Å². The Morgan fingerprint density at radius 2 is 1.13 bits per heavy atom. The molecule has 0 atom stereocenters. The summed E-state index contributed by atoms with van der Waals surface area (Å²) in [6.07, 6.45) is 4.20. The van der Waals surface area contributed by atoms with E-state index in [1.165, 1.54) is 33.2 Å². The first kappa shape index (κ1) is 42.0. The summed E-state index contributed by atoms with van der Waals surface area (Å²) in [7, 11) is 0. The fourth-order valence-corrected chi connectivity index (χ4v) is 9.79. The molecule has 4 nitrogen and oxygen atoms in total. The van der Waals surface area contributed by atoms with Crippen molar-refractivity contribution in [2.24, 2.45) is 0 Å². The van der Waals surface area contributed by atoms with Gasteiger partial charge in [-0.25, -0.2) is 14.1 Å². The Labute approximate surface area is 385 Å². The van der Waals surface area contributed by atoms with Gasteiger partial charge in [-0.15, -0.1) is 22.6 Å². The Morgan fingerprint density at radius 1 is 0.540 bits per heavy atom. The summed E-state index contributed by atoms with van der Waals surface area (Å²) in [4.78, 5) is 5.14. The summed E-state index contributed by atoms with van der Waals surface area (Å²) in [6, 6.07) is 70.0. The zero-order valence-electron chi connectivity index (χ0n) is 36.7. The first-order chi connectivity index (χ1) is 30.3. The van der Waals surface area contributed by atoms with Crippen molar-refractivity contribution in [2.45, 2.75) is 64.8 Å². The Kier molecular flexibility index (Phi) is 11.4. The van der Waals surface area contributed by atoms with Crippen molar-refractivity contribution >= 4 is 32.8 Å². The van der Waals surface area contributed by atoms with E-state index in [4.69, 9.17) is 4.98 Å². The molecule has 63 heavy (non-hydrogen) atoms. The number of fused-ring (bicyclic) bond motifs is 4. The number of nitrogens with zero attached hydrogens (tertiary/aromatic N) is 4. The minimum atomic E-state index is -0.789. The Bertz CT molecular complexity index is 3160. The number of para-hydroxylation sites is 3. The van der Waals surface area contributed by atoms with Crippen LogP contribution in [-0.2, 0) is 26.5 Å². The van der Waals surface area contributed by atoms with Gasteiger partial charge in [0.05, 0.1) is 6.04 Å². The molecule has 0 fully saturated rings. The van der Waals surface area contributed by atoms with E-state index in [1.54, 1.807) is 0 Å². The van der Waals surface area contributed by atoms with E-state index in [2.05, 4.69) is 244 Å². The molecule has 0 saturated heterocycles. The smallest absolute Gasteiger partial charge is 0.188 e. The van der Waals surface area contributed by atoms with Crippen molar-refractivity contribution in [1.82, 2.24) is 18.7 Å². The maximum atomic E-state index is 5.14. The second-order valence-corrected chi connectivity index (χ2v) is 17.4. The predicted octanol–water partition coefficient (Wildman–Crippen LogP) is 14.7. The summed E-state index contributed by atoms with van der Waals surface area (Å²) in [5.41, 5.74) is 14.1. The molecule has 0 aliphatic carbocycles. The van der Waals surface area contributed by atoms with Crippen LogP contribution in [0, 0.1) is 12.1 Å². The molecular formula is C58H51N4Pt-. The maximum absolute atomic E-state index is 5.14. The molecule has 0 amide bonds. The summed E-state index contributed by atoms with van der Waals surface area (Å²) >= 11 is 0. The summed E-state index contributed by atoms with van der Waals surface area (Å²) in [5.74, 6) is 1.61. The van der Waals surface area contributed by atoms with Crippen molar-refractivity contribution in [3.05, 3.63) is 228 Å². The number of pyridine rings is 1. The second-order valence-electron chi connectivity index (χ2n) is 17.4. The molecule has 0 aliphatic heterocycles. The summed E-state index contributed by atoms with van der Waals surface area (Å²) < 4.78 is 6.94. The van der Waals surface area contributed by atoms with Crippen LogP contribution in [0.3, 0.4) is 0 Å². The number of imidazole rings is 1. The first-order valence-corrected chi connectivity index (χ1v) is 22.0. The van der Waals surface area contributed by atoms with Crippen LogP contribution < -0.4 is 0 Å². The average Bonchev–Trinajstić information content (AvgIpc) is 3.86. The molecule has 314 valence electrons. The second kappa shape index (κ2) is 17.1.